The van der Waals surface area contributed by atoms with Crippen LogP contribution in [-0.2, 0) is 4.79 Å². The Hall–Kier alpha value is -1.79. The molecule has 98 valence electrons. The Kier molecular flexibility index (Phi) is 3.40. The molecule has 1 aromatic rings. The number of amides is 1. The third kappa shape index (κ3) is 2.39. The van der Waals surface area contributed by atoms with Crippen molar-refractivity contribution in [1.29, 1.82) is 0 Å². The van der Waals surface area contributed by atoms with Crippen molar-refractivity contribution in [2.75, 3.05) is 31.6 Å². The SMILES string of the molecule is CN1CCCN(c2nc(F)c(F)cc2F)CC1=O. The molecule has 0 saturated carbocycles. The van der Waals surface area contributed by atoms with Gasteiger partial charge in [-0.05, 0) is 6.42 Å². The van der Waals surface area contributed by atoms with Crippen LogP contribution in [-0.4, -0.2) is 42.5 Å². The van der Waals surface area contributed by atoms with E-state index >= 15 is 0 Å². The summed E-state index contributed by atoms with van der Waals surface area (Å²) in [5.41, 5.74) is 0. The van der Waals surface area contributed by atoms with Crippen molar-refractivity contribution < 1.29 is 18.0 Å². The Morgan fingerprint density at radius 2 is 1.94 bits per heavy atom. The molecule has 0 N–H and O–H groups in total. The van der Waals surface area contributed by atoms with Crippen LogP contribution in [0, 0.1) is 17.6 Å². The van der Waals surface area contributed by atoms with Gasteiger partial charge < -0.3 is 9.80 Å². The van der Waals surface area contributed by atoms with Crippen molar-refractivity contribution in [3.05, 3.63) is 23.6 Å². The number of anilines is 1. The third-order valence-electron chi connectivity index (χ3n) is 2.84. The standard InChI is InChI=1S/C11H12F3N3O/c1-16-3-2-4-17(6-9(16)18)11-8(13)5-7(12)10(14)15-11/h5H,2-4,6H2,1H3. The van der Waals surface area contributed by atoms with Crippen molar-refractivity contribution in [2.45, 2.75) is 6.42 Å². The van der Waals surface area contributed by atoms with Gasteiger partial charge in [-0.2, -0.15) is 9.37 Å². The Labute approximate surface area is 102 Å². The zero-order valence-electron chi connectivity index (χ0n) is 9.79. The fourth-order valence-electron chi connectivity index (χ4n) is 1.82. The third-order valence-corrected chi connectivity index (χ3v) is 2.84. The summed E-state index contributed by atoms with van der Waals surface area (Å²) in [5.74, 6) is -4.20. The molecule has 0 unspecified atom stereocenters. The summed E-state index contributed by atoms with van der Waals surface area (Å²) in [6.45, 7) is 0.817. The molecule has 0 aromatic carbocycles. The molecule has 1 aliphatic rings. The first-order valence-electron chi connectivity index (χ1n) is 5.49. The van der Waals surface area contributed by atoms with Gasteiger partial charge in [0.2, 0.25) is 5.91 Å². The average molecular weight is 259 g/mol. The van der Waals surface area contributed by atoms with Gasteiger partial charge in [0.1, 0.15) is 0 Å². The highest BCUT2D eigenvalue weighted by molar-refractivity contribution is 5.81. The lowest BCUT2D eigenvalue weighted by Crippen LogP contribution is -2.35. The number of carbonyl (C=O) groups excluding carboxylic acids is 1. The lowest BCUT2D eigenvalue weighted by molar-refractivity contribution is -0.127. The topological polar surface area (TPSA) is 36.4 Å². The first kappa shape index (κ1) is 12.7. The fraction of sp³-hybridized carbons (Fsp3) is 0.455. The van der Waals surface area contributed by atoms with Crippen molar-refractivity contribution in [3.63, 3.8) is 0 Å². The maximum atomic E-state index is 13.5. The second-order valence-corrected chi connectivity index (χ2v) is 4.16. The molecule has 0 aliphatic carbocycles. The van der Waals surface area contributed by atoms with E-state index in [1.54, 1.807) is 7.05 Å². The molecule has 0 bridgehead atoms. The van der Waals surface area contributed by atoms with Crippen molar-refractivity contribution in [1.82, 2.24) is 9.88 Å². The summed E-state index contributed by atoms with van der Waals surface area (Å²) in [4.78, 5) is 17.7. The monoisotopic (exact) mass is 259 g/mol. The summed E-state index contributed by atoms with van der Waals surface area (Å²) in [6, 6.07) is 0.441. The predicted molar refractivity (Wildman–Crippen MR) is 58.6 cm³/mol. The predicted octanol–water partition coefficient (Wildman–Crippen LogP) is 1.17. The molecule has 18 heavy (non-hydrogen) atoms. The van der Waals surface area contributed by atoms with Crippen LogP contribution >= 0.6 is 0 Å². The second kappa shape index (κ2) is 4.83. The van der Waals surface area contributed by atoms with E-state index in [1.165, 1.54) is 9.80 Å². The molecule has 1 amide bonds. The van der Waals surface area contributed by atoms with E-state index in [1.807, 2.05) is 0 Å². The highest BCUT2D eigenvalue weighted by atomic mass is 19.2. The Morgan fingerprint density at radius 3 is 2.67 bits per heavy atom. The lowest BCUT2D eigenvalue weighted by atomic mass is 10.3. The molecular weight excluding hydrogens is 247 g/mol. The maximum absolute atomic E-state index is 13.5. The minimum absolute atomic E-state index is 0.0918. The number of pyridine rings is 1. The normalized spacial score (nSPS) is 17.0. The zero-order chi connectivity index (χ0) is 13.3. The molecule has 2 rings (SSSR count). The number of hydrogen-bond acceptors (Lipinski definition) is 3. The fourth-order valence-corrected chi connectivity index (χ4v) is 1.82. The molecule has 2 heterocycles. The Morgan fingerprint density at radius 1 is 1.22 bits per heavy atom. The molecule has 7 heteroatoms. The van der Waals surface area contributed by atoms with Crippen molar-refractivity contribution >= 4 is 11.7 Å². The maximum Gasteiger partial charge on any atom is 0.251 e. The van der Waals surface area contributed by atoms with Gasteiger partial charge in [0.15, 0.2) is 17.5 Å². The van der Waals surface area contributed by atoms with Gasteiger partial charge in [0.05, 0.1) is 6.54 Å². The second-order valence-electron chi connectivity index (χ2n) is 4.16. The van der Waals surface area contributed by atoms with Crippen LogP contribution in [0.25, 0.3) is 0 Å². The molecule has 1 aromatic heterocycles. The number of carbonyl (C=O) groups is 1. The molecule has 0 spiro atoms. The van der Waals surface area contributed by atoms with Crippen molar-refractivity contribution in [3.8, 4) is 0 Å². The van der Waals surface area contributed by atoms with Gasteiger partial charge in [-0.3, -0.25) is 4.79 Å². The Bertz CT molecular complexity index is 481. The first-order valence-corrected chi connectivity index (χ1v) is 5.49. The van der Waals surface area contributed by atoms with Crippen LogP contribution < -0.4 is 4.90 Å². The van der Waals surface area contributed by atoms with Gasteiger partial charge in [-0.1, -0.05) is 0 Å². The number of halogens is 3. The summed E-state index contributed by atoms with van der Waals surface area (Å²) in [7, 11) is 1.64. The van der Waals surface area contributed by atoms with Gasteiger partial charge in [0.25, 0.3) is 5.95 Å². The van der Waals surface area contributed by atoms with E-state index in [2.05, 4.69) is 4.98 Å². The largest absolute Gasteiger partial charge is 0.345 e. The molecule has 1 saturated heterocycles. The summed E-state index contributed by atoms with van der Waals surface area (Å²) in [5, 5.41) is 0. The van der Waals surface area contributed by atoms with Crippen LogP contribution in [0.3, 0.4) is 0 Å². The number of likely N-dealkylation sites (N-methyl/N-ethyl adjacent to an activating group) is 1. The number of aromatic nitrogens is 1. The lowest BCUT2D eigenvalue weighted by Gasteiger charge is -2.21. The first-order chi connectivity index (χ1) is 8.49. The highest BCUT2D eigenvalue weighted by Gasteiger charge is 2.23. The van der Waals surface area contributed by atoms with Crippen molar-refractivity contribution in [2.24, 2.45) is 0 Å². The molecule has 1 fully saturated rings. The average Bonchev–Trinajstić information content (AvgIpc) is 2.47. The molecule has 4 nitrogen and oxygen atoms in total. The van der Waals surface area contributed by atoms with E-state index in [-0.39, 0.29) is 18.3 Å². The van der Waals surface area contributed by atoms with Crippen LogP contribution in [0.1, 0.15) is 6.42 Å². The zero-order valence-corrected chi connectivity index (χ0v) is 9.79. The minimum Gasteiger partial charge on any atom is -0.345 e. The highest BCUT2D eigenvalue weighted by Crippen LogP contribution is 2.20. The van der Waals surface area contributed by atoms with Gasteiger partial charge >= 0.3 is 0 Å². The van der Waals surface area contributed by atoms with Gasteiger partial charge in [0, 0.05) is 26.2 Å². The van der Waals surface area contributed by atoms with Gasteiger partial charge in [-0.25, -0.2) is 8.78 Å². The quantitative estimate of drug-likeness (QED) is 0.710. The number of hydrogen-bond donors (Lipinski definition) is 0. The van der Waals surface area contributed by atoms with E-state index in [0.717, 1.165) is 0 Å². The van der Waals surface area contributed by atoms with E-state index in [9.17, 15) is 18.0 Å². The van der Waals surface area contributed by atoms with E-state index < -0.39 is 17.6 Å². The molecular formula is C11H12F3N3O. The van der Waals surface area contributed by atoms with Crippen LogP contribution in [0.2, 0.25) is 0 Å². The minimum atomic E-state index is -1.36. The van der Waals surface area contributed by atoms with E-state index in [4.69, 9.17) is 0 Å². The van der Waals surface area contributed by atoms with Crippen LogP contribution in [0.15, 0.2) is 6.07 Å². The Balaban J connectivity index is 2.30. The number of rotatable bonds is 1. The van der Waals surface area contributed by atoms with Gasteiger partial charge in [-0.15, -0.1) is 0 Å². The number of nitrogens with zero attached hydrogens (tertiary/aromatic N) is 3. The molecule has 1 aliphatic heterocycles. The van der Waals surface area contributed by atoms with Crippen LogP contribution in [0.5, 0.6) is 0 Å². The summed E-state index contributed by atoms with van der Waals surface area (Å²) < 4.78 is 39.3. The smallest absolute Gasteiger partial charge is 0.251 e. The van der Waals surface area contributed by atoms with Crippen LogP contribution in [0.4, 0.5) is 19.0 Å². The summed E-state index contributed by atoms with van der Waals surface area (Å²) in [6.07, 6.45) is 0.613. The molecule has 0 radical (unpaired) electrons. The molecule has 0 atom stereocenters. The van der Waals surface area contributed by atoms with E-state index in [0.29, 0.717) is 25.6 Å². The summed E-state index contributed by atoms with van der Waals surface area (Å²) >= 11 is 0.